The summed E-state index contributed by atoms with van der Waals surface area (Å²) in [6, 6.07) is 5.74. The SMILES string of the molecule is N#Cc1ccc(NC2CCCC2C(=O)O)c(F)c1. The van der Waals surface area contributed by atoms with Crippen LogP contribution in [-0.4, -0.2) is 17.1 Å². The van der Waals surface area contributed by atoms with Crippen molar-refractivity contribution in [2.24, 2.45) is 5.92 Å². The highest BCUT2D eigenvalue weighted by Crippen LogP contribution is 2.29. The van der Waals surface area contributed by atoms with Crippen LogP contribution < -0.4 is 5.32 Å². The van der Waals surface area contributed by atoms with Gasteiger partial charge in [0.1, 0.15) is 5.82 Å². The van der Waals surface area contributed by atoms with Crippen molar-refractivity contribution in [2.45, 2.75) is 25.3 Å². The van der Waals surface area contributed by atoms with Gasteiger partial charge in [0.05, 0.1) is 23.2 Å². The Kier molecular flexibility index (Phi) is 3.47. The highest BCUT2D eigenvalue weighted by Gasteiger charge is 2.33. The highest BCUT2D eigenvalue weighted by molar-refractivity contribution is 5.72. The van der Waals surface area contributed by atoms with Gasteiger partial charge in [-0.15, -0.1) is 0 Å². The molecule has 0 saturated heterocycles. The van der Waals surface area contributed by atoms with Crippen LogP contribution in [-0.2, 0) is 4.79 Å². The van der Waals surface area contributed by atoms with Gasteiger partial charge in [0.15, 0.2) is 0 Å². The van der Waals surface area contributed by atoms with Crippen LogP contribution in [0.5, 0.6) is 0 Å². The van der Waals surface area contributed by atoms with Gasteiger partial charge < -0.3 is 10.4 Å². The molecule has 5 heteroatoms. The van der Waals surface area contributed by atoms with Crippen molar-refractivity contribution in [1.29, 1.82) is 5.26 Å². The van der Waals surface area contributed by atoms with E-state index in [1.165, 1.54) is 12.1 Å². The Morgan fingerprint density at radius 1 is 1.50 bits per heavy atom. The van der Waals surface area contributed by atoms with Crippen molar-refractivity contribution in [3.63, 3.8) is 0 Å². The standard InChI is InChI=1S/C13H13FN2O2/c14-10-6-8(7-15)4-5-12(10)16-11-3-1-2-9(11)13(17)18/h4-6,9,11,16H,1-3H2,(H,17,18). The van der Waals surface area contributed by atoms with Gasteiger partial charge in [-0.25, -0.2) is 4.39 Å². The van der Waals surface area contributed by atoms with E-state index in [1.54, 1.807) is 0 Å². The average Bonchev–Trinajstić information content (AvgIpc) is 2.80. The summed E-state index contributed by atoms with van der Waals surface area (Å²) in [4.78, 5) is 11.0. The van der Waals surface area contributed by atoms with Gasteiger partial charge in [-0.05, 0) is 31.0 Å². The second-order valence-corrected chi connectivity index (χ2v) is 4.43. The number of carbonyl (C=O) groups is 1. The number of hydrogen-bond acceptors (Lipinski definition) is 3. The molecule has 18 heavy (non-hydrogen) atoms. The molecule has 2 N–H and O–H groups in total. The molecule has 0 amide bonds. The second-order valence-electron chi connectivity index (χ2n) is 4.43. The first kappa shape index (κ1) is 12.4. The fourth-order valence-electron chi connectivity index (χ4n) is 2.33. The molecule has 0 aliphatic heterocycles. The minimum absolute atomic E-state index is 0.245. The second kappa shape index (κ2) is 5.05. The quantitative estimate of drug-likeness (QED) is 0.861. The minimum atomic E-state index is -0.848. The van der Waals surface area contributed by atoms with Crippen LogP contribution in [0, 0.1) is 23.1 Å². The van der Waals surface area contributed by atoms with E-state index in [0.29, 0.717) is 6.42 Å². The van der Waals surface area contributed by atoms with Crippen molar-refractivity contribution in [3.05, 3.63) is 29.6 Å². The molecule has 0 bridgehead atoms. The molecule has 1 aliphatic carbocycles. The molecule has 94 valence electrons. The normalized spacial score (nSPS) is 22.4. The smallest absolute Gasteiger partial charge is 0.308 e. The number of carboxylic acid groups (broad SMARTS) is 1. The van der Waals surface area contributed by atoms with E-state index in [2.05, 4.69) is 5.32 Å². The molecular weight excluding hydrogens is 235 g/mol. The number of nitrogens with zero attached hydrogens (tertiary/aromatic N) is 1. The maximum atomic E-state index is 13.7. The molecule has 4 nitrogen and oxygen atoms in total. The fraction of sp³-hybridized carbons (Fsp3) is 0.385. The van der Waals surface area contributed by atoms with Crippen LogP contribution >= 0.6 is 0 Å². The van der Waals surface area contributed by atoms with Crippen molar-refractivity contribution in [2.75, 3.05) is 5.32 Å². The summed E-state index contributed by atoms with van der Waals surface area (Å²) in [6.45, 7) is 0. The first-order chi connectivity index (χ1) is 8.61. The molecule has 0 heterocycles. The van der Waals surface area contributed by atoms with E-state index in [-0.39, 0.29) is 17.3 Å². The van der Waals surface area contributed by atoms with E-state index in [9.17, 15) is 9.18 Å². The van der Waals surface area contributed by atoms with E-state index in [4.69, 9.17) is 10.4 Å². The Bertz CT molecular complexity index is 510. The van der Waals surface area contributed by atoms with E-state index >= 15 is 0 Å². The Hall–Kier alpha value is -2.09. The van der Waals surface area contributed by atoms with E-state index in [1.807, 2.05) is 6.07 Å². The zero-order valence-corrected chi connectivity index (χ0v) is 9.69. The Balaban J connectivity index is 2.14. The molecule has 1 aliphatic rings. The number of halogens is 1. The fourth-order valence-corrected chi connectivity index (χ4v) is 2.33. The number of aliphatic carboxylic acids is 1. The lowest BCUT2D eigenvalue weighted by Crippen LogP contribution is -2.30. The largest absolute Gasteiger partial charge is 0.481 e. The average molecular weight is 248 g/mol. The van der Waals surface area contributed by atoms with Gasteiger partial charge in [-0.3, -0.25) is 4.79 Å². The predicted molar refractivity (Wildman–Crippen MR) is 63.5 cm³/mol. The van der Waals surface area contributed by atoms with Crippen molar-refractivity contribution in [3.8, 4) is 6.07 Å². The van der Waals surface area contributed by atoms with Crippen molar-refractivity contribution >= 4 is 11.7 Å². The maximum absolute atomic E-state index is 13.7. The van der Waals surface area contributed by atoms with Crippen LogP contribution in [0.2, 0.25) is 0 Å². The number of nitrogens with one attached hydrogen (secondary N) is 1. The van der Waals surface area contributed by atoms with Gasteiger partial charge in [0, 0.05) is 6.04 Å². The van der Waals surface area contributed by atoms with Crippen molar-refractivity contribution in [1.82, 2.24) is 0 Å². The number of benzene rings is 1. The van der Waals surface area contributed by atoms with Crippen LogP contribution in [0.3, 0.4) is 0 Å². The van der Waals surface area contributed by atoms with Crippen LogP contribution in [0.25, 0.3) is 0 Å². The first-order valence-electron chi connectivity index (χ1n) is 5.81. The molecule has 2 atom stereocenters. The lowest BCUT2D eigenvalue weighted by atomic mass is 10.0. The van der Waals surface area contributed by atoms with Crippen molar-refractivity contribution < 1.29 is 14.3 Å². The van der Waals surface area contributed by atoms with E-state index < -0.39 is 17.7 Å². The third kappa shape index (κ3) is 2.43. The highest BCUT2D eigenvalue weighted by atomic mass is 19.1. The number of carboxylic acids is 1. The van der Waals surface area contributed by atoms with Crippen LogP contribution in [0.4, 0.5) is 10.1 Å². The molecule has 2 rings (SSSR count). The molecule has 1 fully saturated rings. The molecule has 1 aromatic rings. The monoisotopic (exact) mass is 248 g/mol. The number of anilines is 1. The summed E-state index contributed by atoms with van der Waals surface area (Å²) in [6.07, 6.45) is 2.16. The maximum Gasteiger partial charge on any atom is 0.308 e. The number of rotatable bonds is 3. The summed E-state index contributed by atoms with van der Waals surface area (Å²) in [5, 5.41) is 20.6. The summed E-state index contributed by atoms with van der Waals surface area (Å²) < 4.78 is 13.7. The summed E-state index contributed by atoms with van der Waals surface area (Å²) >= 11 is 0. The zero-order valence-electron chi connectivity index (χ0n) is 9.69. The third-order valence-corrected chi connectivity index (χ3v) is 3.27. The molecule has 1 aromatic carbocycles. The van der Waals surface area contributed by atoms with Crippen LogP contribution in [0.1, 0.15) is 24.8 Å². The topological polar surface area (TPSA) is 73.1 Å². The van der Waals surface area contributed by atoms with Gasteiger partial charge in [0.2, 0.25) is 0 Å². The molecule has 2 unspecified atom stereocenters. The molecule has 0 radical (unpaired) electrons. The lowest BCUT2D eigenvalue weighted by molar-refractivity contribution is -0.141. The molecule has 1 saturated carbocycles. The van der Waals surface area contributed by atoms with Gasteiger partial charge in [0.25, 0.3) is 0 Å². The lowest BCUT2D eigenvalue weighted by Gasteiger charge is -2.19. The minimum Gasteiger partial charge on any atom is -0.481 e. The van der Waals surface area contributed by atoms with Gasteiger partial charge in [-0.1, -0.05) is 6.42 Å². The summed E-state index contributed by atoms with van der Waals surface area (Å²) in [7, 11) is 0. The number of hydrogen-bond donors (Lipinski definition) is 2. The molecule has 0 spiro atoms. The molecule has 0 aromatic heterocycles. The van der Waals surface area contributed by atoms with Crippen LogP contribution in [0.15, 0.2) is 18.2 Å². The Labute approximate surface area is 104 Å². The Morgan fingerprint density at radius 3 is 2.89 bits per heavy atom. The zero-order chi connectivity index (χ0) is 13.1. The first-order valence-corrected chi connectivity index (χ1v) is 5.81. The predicted octanol–water partition coefficient (Wildman–Crippen LogP) is 2.36. The van der Waals surface area contributed by atoms with Gasteiger partial charge in [-0.2, -0.15) is 5.26 Å². The number of nitriles is 1. The molecular formula is C13H13FN2O2. The van der Waals surface area contributed by atoms with Gasteiger partial charge >= 0.3 is 5.97 Å². The summed E-state index contributed by atoms with van der Waals surface area (Å²) in [5.41, 5.74) is 0.506. The van der Waals surface area contributed by atoms with E-state index in [0.717, 1.165) is 18.9 Å². The third-order valence-electron chi connectivity index (χ3n) is 3.27. The Morgan fingerprint density at radius 2 is 2.28 bits per heavy atom. The summed E-state index contributed by atoms with van der Waals surface area (Å²) in [5.74, 6) is -1.84.